The first-order valence-electron chi connectivity index (χ1n) is 7.07. The first kappa shape index (κ1) is 16.8. The number of hydrogen-bond acceptors (Lipinski definition) is 9. The van der Waals surface area contributed by atoms with Crippen LogP contribution in [0.15, 0.2) is 34.7 Å². The molecule has 0 unspecified atom stereocenters. The number of carbonyl (C=O) groups is 1. The minimum Gasteiger partial charge on any atom is -0.374 e. The fourth-order valence-electron chi connectivity index (χ4n) is 1.86. The van der Waals surface area contributed by atoms with E-state index in [1.165, 1.54) is 22.7 Å². The van der Waals surface area contributed by atoms with Gasteiger partial charge < -0.3 is 11.1 Å². The third kappa shape index (κ3) is 4.98. The van der Waals surface area contributed by atoms with Crippen molar-refractivity contribution in [2.75, 3.05) is 16.8 Å². The summed E-state index contributed by atoms with van der Waals surface area (Å²) in [6.07, 6.45) is 1.09. The number of nitrogen functional groups attached to an aromatic ring is 1. The van der Waals surface area contributed by atoms with Crippen molar-refractivity contribution < 1.29 is 4.79 Å². The summed E-state index contributed by atoms with van der Waals surface area (Å²) in [4.78, 5) is 12.0. The molecule has 0 aliphatic rings. The summed E-state index contributed by atoms with van der Waals surface area (Å²) in [5, 5.41) is 20.5. The summed E-state index contributed by atoms with van der Waals surface area (Å²) in [5.41, 5.74) is 6.51. The maximum absolute atomic E-state index is 12.0. The predicted octanol–water partition coefficient (Wildman–Crippen LogP) is 2.49. The zero-order chi connectivity index (χ0) is 16.8. The fourth-order valence-corrected chi connectivity index (χ4v) is 4.38. The van der Waals surface area contributed by atoms with E-state index in [2.05, 4.69) is 25.7 Å². The van der Waals surface area contributed by atoms with Gasteiger partial charge in [-0.3, -0.25) is 4.79 Å². The van der Waals surface area contributed by atoms with Gasteiger partial charge in [0.2, 0.25) is 16.2 Å². The Balaban J connectivity index is 1.45. The zero-order valence-electron chi connectivity index (χ0n) is 12.5. The summed E-state index contributed by atoms with van der Waals surface area (Å²) in [7, 11) is 0. The molecule has 1 aromatic carbocycles. The van der Waals surface area contributed by atoms with Crippen LogP contribution in [-0.2, 0) is 17.6 Å². The van der Waals surface area contributed by atoms with E-state index in [0.29, 0.717) is 16.7 Å². The monoisotopic (exact) mass is 378 g/mol. The minimum atomic E-state index is -0.0989. The van der Waals surface area contributed by atoms with E-state index in [0.717, 1.165) is 27.1 Å². The number of benzene rings is 1. The van der Waals surface area contributed by atoms with Crippen molar-refractivity contribution >= 4 is 50.6 Å². The molecule has 124 valence electrons. The SMILES string of the molecule is Nc1nnc(CCSc2nnc(NC(=O)Cc3ccccc3)s2)s1. The minimum absolute atomic E-state index is 0.0989. The van der Waals surface area contributed by atoms with Gasteiger partial charge in [-0.1, -0.05) is 64.8 Å². The quantitative estimate of drug-likeness (QED) is 0.480. The van der Waals surface area contributed by atoms with Crippen LogP contribution in [-0.4, -0.2) is 32.1 Å². The van der Waals surface area contributed by atoms with Crippen LogP contribution in [0.4, 0.5) is 10.3 Å². The van der Waals surface area contributed by atoms with Crippen LogP contribution < -0.4 is 11.1 Å². The Kier molecular flexibility index (Phi) is 5.72. The van der Waals surface area contributed by atoms with Gasteiger partial charge in [0, 0.05) is 12.2 Å². The Labute approximate surface area is 150 Å². The van der Waals surface area contributed by atoms with Gasteiger partial charge in [0.15, 0.2) is 4.34 Å². The number of thioether (sulfide) groups is 1. The highest BCUT2D eigenvalue weighted by molar-refractivity contribution is 8.01. The van der Waals surface area contributed by atoms with E-state index in [9.17, 15) is 4.79 Å². The first-order chi connectivity index (χ1) is 11.7. The van der Waals surface area contributed by atoms with Crippen molar-refractivity contribution in [3.05, 3.63) is 40.9 Å². The lowest BCUT2D eigenvalue weighted by molar-refractivity contribution is -0.115. The van der Waals surface area contributed by atoms with Crippen molar-refractivity contribution in [1.82, 2.24) is 20.4 Å². The second-order valence-electron chi connectivity index (χ2n) is 4.72. The number of aryl methyl sites for hydroxylation is 1. The molecule has 0 saturated carbocycles. The van der Waals surface area contributed by atoms with E-state index in [4.69, 9.17) is 5.73 Å². The highest BCUT2D eigenvalue weighted by Crippen LogP contribution is 2.26. The smallest absolute Gasteiger partial charge is 0.230 e. The molecule has 3 N–H and O–H groups in total. The highest BCUT2D eigenvalue weighted by atomic mass is 32.2. The molecule has 0 fully saturated rings. The number of rotatable bonds is 7. The van der Waals surface area contributed by atoms with Crippen molar-refractivity contribution in [2.45, 2.75) is 17.2 Å². The van der Waals surface area contributed by atoms with Gasteiger partial charge in [0.25, 0.3) is 0 Å². The van der Waals surface area contributed by atoms with Crippen LogP contribution >= 0.6 is 34.4 Å². The molecule has 0 spiro atoms. The molecular weight excluding hydrogens is 364 g/mol. The Morgan fingerprint density at radius 1 is 1.12 bits per heavy atom. The lowest BCUT2D eigenvalue weighted by Gasteiger charge is -2.00. The maximum atomic E-state index is 12.0. The average Bonchev–Trinajstić information content (AvgIpc) is 3.17. The number of carbonyl (C=O) groups excluding carboxylic acids is 1. The second-order valence-corrected chi connectivity index (χ2v) is 8.13. The molecule has 0 saturated heterocycles. The van der Waals surface area contributed by atoms with E-state index in [-0.39, 0.29) is 5.91 Å². The zero-order valence-corrected chi connectivity index (χ0v) is 15.0. The lowest BCUT2D eigenvalue weighted by atomic mass is 10.1. The van der Waals surface area contributed by atoms with Gasteiger partial charge in [-0.2, -0.15) is 0 Å². The van der Waals surface area contributed by atoms with E-state index >= 15 is 0 Å². The maximum Gasteiger partial charge on any atom is 0.230 e. The molecule has 2 aromatic heterocycles. The number of amides is 1. The molecule has 0 atom stereocenters. The number of nitrogens with two attached hydrogens (primary N) is 1. The van der Waals surface area contributed by atoms with Gasteiger partial charge in [0.05, 0.1) is 6.42 Å². The van der Waals surface area contributed by atoms with E-state index in [1.54, 1.807) is 11.8 Å². The molecule has 0 aliphatic carbocycles. The molecule has 3 aromatic rings. The van der Waals surface area contributed by atoms with Gasteiger partial charge in [-0.05, 0) is 5.56 Å². The van der Waals surface area contributed by atoms with Crippen LogP contribution in [0.3, 0.4) is 0 Å². The van der Waals surface area contributed by atoms with E-state index in [1.807, 2.05) is 30.3 Å². The van der Waals surface area contributed by atoms with Gasteiger partial charge in [-0.15, -0.1) is 20.4 Å². The Hall–Kier alpha value is -2.04. The third-order valence-electron chi connectivity index (χ3n) is 2.88. The predicted molar refractivity (Wildman–Crippen MR) is 97.4 cm³/mol. The number of nitrogens with one attached hydrogen (secondary N) is 1. The van der Waals surface area contributed by atoms with Gasteiger partial charge in [0.1, 0.15) is 5.01 Å². The summed E-state index contributed by atoms with van der Waals surface area (Å²) in [5.74, 6) is 0.708. The van der Waals surface area contributed by atoms with Crippen LogP contribution in [0.5, 0.6) is 0 Å². The molecule has 0 bridgehead atoms. The second kappa shape index (κ2) is 8.18. The summed E-state index contributed by atoms with van der Waals surface area (Å²) >= 11 is 4.32. The van der Waals surface area contributed by atoms with Crippen LogP contribution in [0.25, 0.3) is 0 Å². The van der Waals surface area contributed by atoms with Crippen molar-refractivity contribution in [1.29, 1.82) is 0 Å². The Morgan fingerprint density at radius 2 is 1.96 bits per heavy atom. The summed E-state index contributed by atoms with van der Waals surface area (Å²) in [6.45, 7) is 0. The standard InChI is InChI=1S/C14H14N6OS3/c15-12-18-17-11(23-12)6-7-22-14-20-19-13(24-14)16-10(21)8-9-4-2-1-3-5-9/h1-5H,6-8H2,(H2,15,18)(H,16,19,21). The molecule has 3 rings (SSSR count). The molecule has 7 nitrogen and oxygen atoms in total. The number of anilines is 2. The normalized spacial score (nSPS) is 10.7. The first-order valence-corrected chi connectivity index (χ1v) is 9.69. The van der Waals surface area contributed by atoms with Crippen molar-refractivity contribution in [2.24, 2.45) is 0 Å². The van der Waals surface area contributed by atoms with Crippen molar-refractivity contribution in [3.63, 3.8) is 0 Å². The molecule has 1 amide bonds. The van der Waals surface area contributed by atoms with Crippen LogP contribution in [0.1, 0.15) is 10.6 Å². The Morgan fingerprint density at radius 3 is 2.71 bits per heavy atom. The topological polar surface area (TPSA) is 107 Å². The largest absolute Gasteiger partial charge is 0.374 e. The molecular formula is C14H14N6OS3. The highest BCUT2D eigenvalue weighted by Gasteiger charge is 2.10. The molecule has 2 heterocycles. The van der Waals surface area contributed by atoms with Crippen LogP contribution in [0.2, 0.25) is 0 Å². The molecule has 10 heteroatoms. The van der Waals surface area contributed by atoms with Crippen molar-refractivity contribution in [3.8, 4) is 0 Å². The lowest BCUT2D eigenvalue weighted by Crippen LogP contribution is -2.14. The van der Waals surface area contributed by atoms with Gasteiger partial charge >= 0.3 is 0 Å². The fraction of sp³-hybridized carbons (Fsp3) is 0.214. The number of nitrogens with zero attached hydrogens (tertiary/aromatic N) is 4. The summed E-state index contributed by atoms with van der Waals surface area (Å²) in [6, 6.07) is 9.58. The van der Waals surface area contributed by atoms with Crippen LogP contribution in [0, 0.1) is 0 Å². The number of aromatic nitrogens is 4. The average molecular weight is 379 g/mol. The Bertz CT molecular complexity index is 804. The molecule has 0 aliphatic heterocycles. The third-order valence-corrected chi connectivity index (χ3v) is 5.67. The summed E-state index contributed by atoms with van der Waals surface area (Å²) < 4.78 is 0.808. The van der Waals surface area contributed by atoms with E-state index < -0.39 is 0 Å². The van der Waals surface area contributed by atoms with Gasteiger partial charge in [-0.25, -0.2) is 0 Å². The number of hydrogen-bond donors (Lipinski definition) is 2. The molecule has 24 heavy (non-hydrogen) atoms. The molecule has 0 radical (unpaired) electrons.